The van der Waals surface area contributed by atoms with Crippen molar-refractivity contribution in [1.82, 2.24) is 0 Å². The van der Waals surface area contributed by atoms with Crippen LogP contribution >= 0.6 is 11.8 Å². The lowest BCUT2D eigenvalue weighted by atomic mass is 10.3. The van der Waals surface area contributed by atoms with Crippen molar-refractivity contribution in [1.29, 1.82) is 5.26 Å². The van der Waals surface area contributed by atoms with Gasteiger partial charge in [-0.3, -0.25) is 4.79 Å². The van der Waals surface area contributed by atoms with E-state index in [1.165, 1.54) is 0 Å². The predicted molar refractivity (Wildman–Crippen MR) is 57.1 cm³/mol. The van der Waals surface area contributed by atoms with Gasteiger partial charge in [-0.25, -0.2) is 0 Å². The Morgan fingerprint density at radius 1 is 1.64 bits per heavy atom. The number of thioether (sulfide) groups is 1. The fourth-order valence-corrected chi connectivity index (χ4v) is 1.44. The molecular weight excluding hydrogens is 196 g/mol. The smallest absolute Gasteiger partial charge is 0.238 e. The minimum atomic E-state index is -0.272. The van der Waals surface area contributed by atoms with Crippen molar-refractivity contribution in [3.8, 4) is 6.07 Å². The van der Waals surface area contributed by atoms with Crippen molar-refractivity contribution in [3.05, 3.63) is 24.3 Å². The van der Waals surface area contributed by atoms with E-state index in [-0.39, 0.29) is 12.3 Å². The summed E-state index contributed by atoms with van der Waals surface area (Å²) < 4.78 is 0. The van der Waals surface area contributed by atoms with Crippen LogP contribution in [0.2, 0.25) is 0 Å². The molecular formula is C10H10N2OS. The Bertz CT molecular complexity index is 371. The lowest BCUT2D eigenvalue weighted by Gasteiger charge is -2.03. The van der Waals surface area contributed by atoms with E-state index in [0.717, 1.165) is 10.6 Å². The van der Waals surface area contributed by atoms with E-state index in [1.807, 2.05) is 24.5 Å². The van der Waals surface area contributed by atoms with Crippen molar-refractivity contribution in [2.45, 2.75) is 11.3 Å². The van der Waals surface area contributed by atoms with Crippen LogP contribution in [0, 0.1) is 11.3 Å². The first-order chi connectivity index (χ1) is 6.76. The zero-order chi connectivity index (χ0) is 10.4. The molecule has 72 valence electrons. The van der Waals surface area contributed by atoms with Crippen molar-refractivity contribution in [2.24, 2.45) is 0 Å². The Morgan fingerprint density at radius 3 is 3.07 bits per heavy atom. The van der Waals surface area contributed by atoms with E-state index in [1.54, 1.807) is 23.9 Å². The van der Waals surface area contributed by atoms with Crippen LogP contribution in [0.1, 0.15) is 6.42 Å². The molecule has 0 aliphatic carbocycles. The average Bonchev–Trinajstić information content (AvgIpc) is 2.18. The highest BCUT2D eigenvalue weighted by Crippen LogP contribution is 2.18. The monoisotopic (exact) mass is 206 g/mol. The van der Waals surface area contributed by atoms with Gasteiger partial charge < -0.3 is 5.32 Å². The van der Waals surface area contributed by atoms with E-state index < -0.39 is 0 Å². The molecule has 1 aromatic rings. The standard InChI is InChI=1S/C10H10N2OS/c1-14-9-4-2-3-8(7-9)12-10(13)5-6-11/h2-4,7H,5H2,1H3,(H,12,13). The molecule has 3 nitrogen and oxygen atoms in total. The molecule has 0 saturated carbocycles. The molecule has 0 atom stereocenters. The van der Waals surface area contributed by atoms with Gasteiger partial charge in [-0.2, -0.15) is 5.26 Å². The van der Waals surface area contributed by atoms with Gasteiger partial charge in [-0.05, 0) is 24.5 Å². The Morgan fingerprint density at radius 2 is 2.43 bits per heavy atom. The molecule has 14 heavy (non-hydrogen) atoms. The number of rotatable bonds is 3. The maximum atomic E-state index is 11.1. The van der Waals surface area contributed by atoms with Crippen LogP contribution in [0.3, 0.4) is 0 Å². The summed E-state index contributed by atoms with van der Waals surface area (Å²) >= 11 is 1.61. The molecule has 0 aliphatic rings. The second kappa shape index (κ2) is 5.30. The fraction of sp³-hybridized carbons (Fsp3) is 0.200. The molecule has 0 fully saturated rings. The van der Waals surface area contributed by atoms with Crippen LogP contribution < -0.4 is 5.32 Å². The van der Waals surface area contributed by atoms with E-state index in [4.69, 9.17) is 5.26 Å². The summed E-state index contributed by atoms with van der Waals surface area (Å²) in [5, 5.41) is 10.9. The molecule has 0 heterocycles. The van der Waals surface area contributed by atoms with E-state index in [0.29, 0.717) is 0 Å². The zero-order valence-corrected chi connectivity index (χ0v) is 8.60. The van der Waals surface area contributed by atoms with Gasteiger partial charge in [-0.1, -0.05) is 6.07 Å². The zero-order valence-electron chi connectivity index (χ0n) is 7.78. The summed E-state index contributed by atoms with van der Waals surface area (Å²) in [4.78, 5) is 12.2. The van der Waals surface area contributed by atoms with Crippen molar-refractivity contribution in [2.75, 3.05) is 11.6 Å². The van der Waals surface area contributed by atoms with Gasteiger partial charge >= 0.3 is 0 Å². The number of carbonyl (C=O) groups is 1. The van der Waals surface area contributed by atoms with Gasteiger partial charge in [0.05, 0.1) is 6.07 Å². The number of amides is 1. The van der Waals surface area contributed by atoms with E-state index >= 15 is 0 Å². The second-order valence-corrected chi connectivity index (χ2v) is 3.49. The van der Waals surface area contributed by atoms with Crippen LogP contribution in [-0.4, -0.2) is 12.2 Å². The highest BCUT2D eigenvalue weighted by molar-refractivity contribution is 7.98. The number of hydrogen-bond donors (Lipinski definition) is 1. The summed E-state index contributed by atoms with van der Waals surface area (Å²) in [6.45, 7) is 0. The topological polar surface area (TPSA) is 52.9 Å². The van der Waals surface area contributed by atoms with Crippen LogP contribution in [0.4, 0.5) is 5.69 Å². The fourth-order valence-electron chi connectivity index (χ4n) is 0.978. The first-order valence-corrected chi connectivity index (χ1v) is 5.29. The molecule has 0 spiro atoms. The number of nitriles is 1. The third-order valence-corrected chi connectivity index (χ3v) is 2.32. The Kier molecular flexibility index (Phi) is 4.02. The molecule has 0 unspecified atom stereocenters. The van der Waals surface area contributed by atoms with E-state index in [2.05, 4.69) is 5.32 Å². The molecule has 0 aliphatic heterocycles. The van der Waals surface area contributed by atoms with Crippen LogP contribution in [0.15, 0.2) is 29.2 Å². The van der Waals surface area contributed by atoms with Gasteiger partial charge in [0, 0.05) is 10.6 Å². The van der Waals surface area contributed by atoms with Gasteiger partial charge in [0.2, 0.25) is 5.91 Å². The molecule has 1 aromatic carbocycles. The molecule has 1 amide bonds. The third kappa shape index (κ3) is 3.11. The maximum Gasteiger partial charge on any atom is 0.238 e. The molecule has 0 bridgehead atoms. The van der Waals surface area contributed by atoms with Gasteiger partial charge in [-0.15, -0.1) is 11.8 Å². The normalized spacial score (nSPS) is 9.14. The number of benzene rings is 1. The summed E-state index contributed by atoms with van der Waals surface area (Å²) in [6, 6.07) is 9.31. The molecule has 0 radical (unpaired) electrons. The summed E-state index contributed by atoms with van der Waals surface area (Å²) in [5.41, 5.74) is 0.733. The van der Waals surface area contributed by atoms with Gasteiger partial charge in [0.1, 0.15) is 6.42 Å². The number of hydrogen-bond acceptors (Lipinski definition) is 3. The molecule has 4 heteroatoms. The van der Waals surface area contributed by atoms with Crippen molar-refractivity contribution < 1.29 is 4.79 Å². The van der Waals surface area contributed by atoms with Crippen molar-refractivity contribution in [3.63, 3.8) is 0 Å². The lowest BCUT2D eigenvalue weighted by Crippen LogP contribution is -2.09. The number of nitrogens with one attached hydrogen (secondary N) is 1. The Balaban J connectivity index is 2.68. The number of anilines is 1. The minimum Gasteiger partial charge on any atom is -0.325 e. The van der Waals surface area contributed by atoms with Crippen LogP contribution in [-0.2, 0) is 4.79 Å². The molecule has 0 aromatic heterocycles. The molecule has 1 rings (SSSR count). The summed E-state index contributed by atoms with van der Waals surface area (Å²) in [7, 11) is 0. The van der Waals surface area contributed by atoms with Crippen molar-refractivity contribution >= 4 is 23.4 Å². The number of carbonyl (C=O) groups excluding carboxylic acids is 1. The SMILES string of the molecule is CSc1cccc(NC(=O)CC#N)c1. The summed E-state index contributed by atoms with van der Waals surface area (Å²) in [5.74, 6) is -0.272. The molecule has 1 N–H and O–H groups in total. The van der Waals surface area contributed by atoms with Gasteiger partial charge in [0.15, 0.2) is 0 Å². The largest absolute Gasteiger partial charge is 0.325 e. The second-order valence-electron chi connectivity index (χ2n) is 2.62. The third-order valence-electron chi connectivity index (χ3n) is 1.59. The van der Waals surface area contributed by atoms with Crippen LogP contribution in [0.5, 0.6) is 0 Å². The minimum absolute atomic E-state index is 0.108. The van der Waals surface area contributed by atoms with E-state index in [9.17, 15) is 4.79 Å². The van der Waals surface area contributed by atoms with Crippen LogP contribution in [0.25, 0.3) is 0 Å². The first-order valence-electron chi connectivity index (χ1n) is 4.07. The predicted octanol–water partition coefficient (Wildman–Crippen LogP) is 2.26. The highest BCUT2D eigenvalue weighted by Gasteiger charge is 2.00. The first kappa shape index (κ1) is 10.6. The Labute approximate surface area is 87.1 Å². The van der Waals surface area contributed by atoms with Gasteiger partial charge in [0.25, 0.3) is 0 Å². The average molecular weight is 206 g/mol. The number of nitrogens with zero attached hydrogens (tertiary/aromatic N) is 1. The Hall–Kier alpha value is -1.47. The quantitative estimate of drug-likeness (QED) is 0.772. The highest BCUT2D eigenvalue weighted by atomic mass is 32.2. The molecule has 0 saturated heterocycles. The lowest BCUT2D eigenvalue weighted by molar-refractivity contribution is -0.115. The summed E-state index contributed by atoms with van der Waals surface area (Å²) in [6.07, 6.45) is 1.86. The maximum absolute atomic E-state index is 11.1.